The van der Waals surface area contributed by atoms with Gasteiger partial charge in [0.1, 0.15) is 6.04 Å². The molecular formula is C22H32BrN3O4. The van der Waals surface area contributed by atoms with Gasteiger partial charge in [0.25, 0.3) is 5.91 Å². The minimum absolute atomic E-state index is 0.0142. The fourth-order valence-corrected chi connectivity index (χ4v) is 4.03. The van der Waals surface area contributed by atoms with Gasteiger partial charge in [0.05, 0.1) is 6.61 Å². The van der Waals surface area contributed by atoms with E-state index in [0.717, 1.165) is 4.47 Å². The van der Waals surface area contributed by atoms with Crippen molar-refractivity contribution in [2.24, 2.45) is 11.8 Å². The number of nitrogens with one attached hydrogen (secondary N) is 2. The molecule has 3 amide bonds. The molecule has 1 atom stereocenters. The first kappa shape index (κ1) is 24.3. The molecule has 1 aromatic rings. The maximum atomic E-state index is 12.8. The van der Waals surface area contributed by atoms with Gasteiger partial charge < -0.3 is 20.3 Å². The number of nitrogens with zero attached hydrogens (tertiary/aromatic N) is 1. The number of hydrogen-bond donors (Lipinski definition) is 2. The van der Waals surface area contributed by atoms with Gasteiger partial charge >= 0.3 is 0 Å². The zero-order valence-electron chi connectivity index (χ0n) is 17.9. The minimum atomic E-state index is -0.601. The Morgan fingerprint density at radius 1 is 1.23 bits per heavy atom. The number of rotatable bonds is 9. The Labute approximate surface area is 187 Å². The quantitative estimate of drug-likeness (QED) is 0.530. The summed E-state index contributed by atoms with van der Waals surface area (Å²) in [6.45, 7) is 5.86. The van der Waals surface area contributed by atoms with E-state index in [-0.39, 0.29) is 29.6 Å². The maximum Gasteiger partial charge on any atom is 0.253 e. The standard InChI is InChI=1S/C22H32BrN3O4/c1-15(2)13-19(27)25-20(21(28)24-9-12-30-3)16-7-10-26(11-8-16)22(29)17-5-4-6-18(23)14-17/h4-6,14-16,20H,7-13H2,1-3H3,(H,24,28)(H,25,27)/t20-/m0/s1. The Balaban J connectivity index is 2.00. The molecule has 166 valence electrons. The lowest BCUT2D eigenvalue weighted by molar-refractivity contribution is -0.131. The van der Waals surface area contributed by atoms with Gasteiger partial charge in [-0.15, -0.1) is 0 Å². The molecule has 8 heteroatoms. The number of benzene rings is 1. The topological polar surface area (TPSA) is 87.7 Å². The van der Waals surface area contributed by atoms with Crippen LogP contribution in [0.2, 0.25) is 0 Å². The zero-order chi connectivity index (χ0) is 22.1. The average molecular weight is 482 g/mol. The van der Waals surface area contributed by atoms with Gasteiger partial charge in [-0.2, -0.15) is 0 Å². The highest BCUT2D eigenvalue weighted by molar-refractivity contribution is 9.10. The van der Waals surface area contributed by atoms with Gasteiger partial charge in [-0.25, -0.2) is 0 Å². The second-order valence-corrected chi connectivity index (χ2v) is 8.98. The van der Waals surface area contributed by atoms with Gasteiger partial charge in [0.2, 0.25) is 11.8 Å². The van der Waals surface area contributed by atoms with E-state index >= 15 is 0 Å². The van der Waals surface area contributed by atoms with Crippen molar-refractivity contribution >= 4 is 33.7 Å². The summed E-state index contributed by atoms with van der Waals surface area (Å²) >= 11 is 3.40. The Morgan fingerprint density at radius 3 is 2.53 bits per heavy atom. The number of ether oxygens (including phenoxy) is 1. The number of halogens is 1. The van der Waals surface area contributed by atoms with E-state index in [2.05, 4.69) is 26.6 Å². The molecular weight excluding hydrogens is 450 g/mol. The largest absolute Gasteiger partial charge is 0.383 e. The third-order valence-electron chi connectivity index (χ3n) is 5.17. The molecule has 0 aliphatic carbocycles. The van der Waals surface area contributed by atoms with Crippen LogP contribution in [0.3, 0.4) is 0 Å². The maximum absolute atomic E-state index is 12.8. The lowest BCUT2D eigenvalue weighted by Crippen LogP contribution is -2.54. The Hall–Kier alpha value is -1.93. The Morgan fingerprint density at radius 2 is 1.93 bits per heavy atom. The van der Waals surface area contributed by atoms with Crippen LogP contribution in [0.4, 0.5) is 0 Å². The van der Waals surface area contributed by atoms with Crippen LogP contribution in [-0.2, 0) is 14.3 Å². The molecule has 30 heavy (non-hydrogen) atoms. The molecule has 0 saturated carbocycles. The summed E-state index contributed by atoms with van der Waals surface area (Å²) in [5, 5.41) is 5.77. The predicted octanol–water partition coefficient (Wildman–Crippen LogP) is 2.59. The van der Waals surface area contributed by atoms with Crippen molar-refractivity contribution in [1.29, 1.82) is 0 Å². The molecule has 0 bridgehead atoms. The van der Waals surface area contributed by atoms with Crippen LogP contribution in [0.5, 0.6) is 0 Å². The molecule has 1 aliphatic rings. The summed E-state index contributed by atoms with van der Waals surface area (Å²) in [5.41, 5.74) is 0.641. The number of carbonyl (C=O) groups excluding carboxylic acids is 3. The van der Waals surface area contributed by atoms with Crippen molar-refractivity contribution in [2.75, 3.05) is 33.4 Å². The Kier molecular flexibility index (Phi) is 9.78. The van der Waals surface area contributed by atoms with Crippen molar-refractivity contribution < 1.29 is 19.1 Å². The van der Waals surface area contributed by atoms with Crippen LogP contribution in [0.15, 0.2) is 28.7 Å². The highest BCUT2D eigenvalue weighted by Gasteiger charge is 2.34. The fourth-order valence-electron chi connectivity index (χ4n) is 3.63. The fraction of sp³-hybridized carbons (Fsp3) is 0.591. The van der Waals surface area contributed by atoms with Gasteiger partial charge in [0.15, 0.2) is 0 Å². The molecule has 1 heterocycles. The van der Waals surface area contributed by atoms with E-state index < -0.39 is 6.04 Å². The summed E-state index contributed by atoms with van der Waals surface area (Å²) in [4.78, 5) is 39.7. The van der Waals surface area contributed by atoms with E-state index in [1.54, 1.807) is 13.2 Å². The summed E-state index contributed by atoms with van der Waals surface area (Å²) in [7, 11) is 1.58. The highest BCUT2D eigenvalue weighted by Crippen LogP contribution is 2.23. The molecule has 7 nitrogen and oxygen atoms in total. The number of likely N-dealkylation sites (tertiary alicyclic amines) is 1. The second-order valence-electron chi connectivity index (χ2n) is 8.07. The van der Waals surface area contributed by atoms with E-state index in [1.807, 2.05) is 36.9 Å². The molecule has 1 aromatic carbocycles. The first-order chi connectivity index (χ1) is 14.3. The number of carbonyl (C=O) groups is 3. The highest BCUT2D eigenvalue weighted by atomic mass is 79.9. The lowest BCUT2D eigenvalue weighted by atomic mass is 9.88. The van der Waals surface area contributed by atoms with Crippen LogP contribution >= 0.6 is 15.9 Å². The molecule has 0 spiro atoms. The van der Waals surface area contributed by atoms with Crippen LogP contribution in [-0.4, -0.2) is 62.0 Å². The molecule has 2 rings (SSSR count). The van der Waals surface area contributed by atoms with Gasteiger partial charge in [-0.1, -0.05) is 35.8 Å². The van der Waals surface area contributed by atoms with E-state index in [4.69, 9.17) is 4.74 Å². The lowest BCUT2D eigenvalue weighted by Gasteiger charge is -2.36. The van der Waals surface area contributed by atoms with Crippen molar-refractivity contribution in [1.82, 2.24) is 15.5 Å². The van der Waals surface area contributed by atoms with Crippen LogP contribution in [0.1, 0.15) is 43.5 Å². The summed E-state index contributed by atoms with van der Waals surface area (Å²) in [5.74, 6) is -0.132. The third-order valence-corrected chi connectivity index (χ3v) is 5.66. The number of hydrogen-bond acceptors (Lipinski definition) is 4. The molecule has 2 N–H and O–H groups in total. The van der Waals surface area contributed by atoms with E-state index in [1.165, 1.54) is 0 Å². The molecule has 0 unspecified atom stereocenters. The monoisotopic (exact) mass is 481 g/mol. The molecule has 1 aliphatic heterocycles. The summed E-state index contributed by atoms with van der Waals surface area (Å²) in [6.07, 6.45) is 1.69. The van der Waals surface area contributed by atoms with Gasteiger partial charge in [-0.05, 0) is 42.9 Å². The smallest absolute Gasteiger partial charge is 0.253 e. The van der Waals surface area contributed by atoms with Gasteiger partial charge in [0, 0.05) is 43.2 Å². The van der Waals surface area contributed by atoms with Crippen molar-refractivity contribution in [3.63, 3.8) is 0 Å². The summed E-state index contributed by atoms with van der Waals surface area (Å²) in [6, 6.07) is 6.74. The first-order valence-electron chi connectivity index (χ1n) is 10.4. The van der Waals surface area contributed by atoms with Crippen molar-refractivity contribution in [3.8, 4) is 0 Å². The number of amides is 3. The van der Waals surface area contributed by atoms with E-state index in [9.17, 15) is 14.4 Å². The van der Waals surface area contributed by atoms with Crippen LogP contribution < -0.4 is 10.6 Å². The molecule has 0 aromatic heterocycles. The number of methoxy groups -OCH3 is 1. The predicted molar refractivity (Wildman–Crippen MR) is 119 cm³/mol. The van der Waals surface area contributed by atoms with Crippen LogP contribution in [0, 0.1) is 11.8 Å². The molecule has 1 fully saturated rings. The summed E-state index contributed by atoms with van der Waals surface area (Å²) < 4.78 is 5.86. The normalized spacial score (nSPS) is 15.7. The van der Waals surface area contributed by atoms with Crippen LogP contribution in [0.25, 0.3) is 0 Å². The third kappa shape index (κ3) is 7.40. The van der Waals surface area contributed by atoms with E-state index in [0.29, 0.717) is 51.1 Å². The number of piperidine rings is 1. The second kappa shape index (κ2) is 12.1. The minimum Gasteiger partial charge on any atom is -0.383 e. The molecule has 1 saturated heterocycles. The SMILES string of the molecule is COCCNC(=O)[C@@H](NC(=O)CC(C)C)C1CCN(C(=O)c2cccc(Br)c2)CC1. The average Bonchev–Trinajstić information content (AvgIpc) is 2.71. The van der Waals surface area contributed by atoms with Gasteiger partial charge in [-0.3, -0.25) is 14.4 Å². The Bertz CT molecular complexity index is 733. The zero-order valence-corrected chi connectivity index (χ0v) is 19.5. The van der Waals surface area contributed by atoms with Crippen molar-refractivity contribution in [2.45, 2.75) is 39.2 Å². The van der Waals surface area contributed by atoms with Crippen molar-refractivity contribution in [3.05, 3.63) is 34.3 Å². The first-order valence-corrected chi connectivity index (χ1v) is 11.2. The molecule has 0 radical (unpaired) electrons.